The first-order valence-corrected chi connectivity index (χ1v) is 7.12. The predicted molar refractivity (Wildman–Crippen MR) is 72.1 cm³/mol. The summed E-state index contributed by atoms with van der Waals surface area (Å²) in [6.45, 7) is 2.74. The van der Waals surface area contributed by atoms with Crippen molar-refractivity contribution in [2.24, 2.45) is 0 Å². The molecule has 1 aromatic carbocycles. The molecular weight excluding hydrogens is 317 g/mol. The van der Waals surface area contributed by atoms with Crippen LogP contribution in [0.3, 0.4) is 0 Å². The largest absolute Gasteiger partial charge is 0.508 e. The van der Waals surface area contributed by atoms with Crippen LogP contribution in [0.2, 0.25) is 0 Å². The summed E-state index contributed by atoms with van der Waals surface area (Å²) in [5, 5.41) is 9.78. The van der Waals surface area contributed by atoms with E-state index in [0.717, 1.165) is 6.07 Å². The van der Waals surface area contributed by atoms with Crippen LogP contribution in [0.1, 0.15) is 17.3 Å². The number of carbonyl (C=O) groups is 1. The van der Waals surface area contributed by atoms with Gasteiger partial charge in [-0.2, -0.15) is 0 Å². The Bertz CT molecular complexity index is 483. The molecule has 1 saturated heterocycles. The molecule has 1 aliphatic rings. The lowest BCUT2D eigenvalue weighted by molar-refractivity contribution is -0.0560. The summed E-state index contributed by atoms with van der Waals surface area (Å²) in [4.78, 5) is 13.9. The number of amides is 1. The van der Waals surface area contributed by atoms with Crippen LogP contribution in [-0.4, -0.2) is 46.5 Å². The molecule has 19 heavy (non-hydrogen) atoms. The topological polar surface area (TPSA) is 49.8 Å². The second kappa shape index (κ2) is 5.88. The number of halogens is 2. The lowest BCUT2D eigenvalue weighted by Crippen LogP contribution is -2.49. The van der Waals surface area contributed by atoms with Crippen LogP contribution in [0, 0.1) is 5.82 Å². The Morgan fingerprint density at radius 2 is 2.32 bits per heavy atom. The first-order chi connectivity index (χ1) is 9.01. The van der Waals surface area contributed by atoms with Crippen LogP contribution in [0.4, 0.5) is 4.39 Å². The van der Waals surface area contributed by atoms with Crippen molar-refractivity contribution >= 4 is 21.8 Å². The van der Waals surface area contributed by atoms with Gasteiger partial charge in [-0.3, -0.25) is 4.79 Å². The maximum atomic E-state index is 13.7. The first-order valence-electron chi connectivity index (χ1n) is 6.00. The minimum absolute atomic E-state index is 0.0276. The van der Waals surface area contributed by atoms with E-state index in [0.29, 0.717) is 18.4 Å². The third-order valence-electron chi connectivity index (χ3n) is 2.97. The average Bonchev–Trinajstić information content (AvgIpc) is 2.37. The van der Waals surface area contributed by atoms with Gasteiger partial charge in [-0.1, -0.05) is 15.9 Å². The molecule has 1 aliphatic heterocycles. The fraction of sp³-hybridized carbons (Fsp3) is 0.462. The summed E-state index contributed by atoms with van der Waals surface area (Å²) in [6, 6.07) is 3.55. The Kier molecular flexibility index (Phi) is 4.42. The molecule has 1 fully saturated rings. The van der Waals surface area contributed by atoms with E-state index in [1.54, 1.807) is 4.90 Å². The molecule has 1 aromatic rings. The maximum absolute atomic E-state index is 13.7. The smallest absolute Gasteiger partial charge is 0.257 e. The lowest BCUT2D eigenvalue weighted by atomic mass is 10.1. The maximum Gasteiger partial charge on any atom is 0.257 e. The zero-order valence-corrected chi connectivity index (χ0v) is 12.1. The minimum Gasteiger partial charge on any atom is -0.508 e. The normalized spacial score (nSPS) is 23.4. The highest BCUT2D eigenvalue weighted by atomic mass is 79.9. The van der Waals surface area contributed by atoms with Gasteiger partial charge in [0, 0.05) is 24.5 Å². The van der Waals surface area contributed by atoms with Crippen molar-refractivity contribution in [1.82, 2.24) is 4.90 Å². The van der Waals surface area contributed by atoms with E-state index in [1.165, 1.54) is 12.1 Å². The lowest BCUT2D eigenvalue weighted by Gasteiger charge is -2.36. The number of morpholine rings is 1. The number of ether oxygens (including phenoxy) is 1. The summed E-state index contributed by atoms with van der Waals surface area (Å²) in [5.41, 5.74) is -0.0276. The van der Waals surface area contributed by atoms with Gasteiger partial charge in [0.05, 0.1) is 17.8 Å². The van der Waals surface area contributed by atoms with Gasteiger partial charge in [-0.15, -0.1) is 0 Å². The molecule has 2 unspecified atom stereocenters. The number of rotatable bonds is 2. The number of nitrogens with zero attached hydrogens (tertiary/aromatic N) is 1. The van der Waals surface area contributed by atoms with Gasteiger partial charge >= 0.3 is 0 Å². The van der Waals surface area contributed by atoms with Crippen molar-refractivity contribution in [3.8, 4) is 5.75 Å². The molecule has 4 nitrogen and oxygen atoms in total. The third-order valence-corrected chi connectivity index (χ3v) is 3.69. The highest BCUT2D eigenvalue weighted by Gasteiger charge is 2.29. The molecule has 2 rings (SSSR count). The van der Waals surface area contributed by atoms with Gasteiger partial charge in [0.1, 0.15) is 11.6 Å². The predicted octanol–water partition coefficient (Wildman–Crippen LogP) is 2.16. The van der Waals surface area contributed by atoms with Crippen molar-refractivity contribution in [1.29, 1.82) is 0 Å². The second-order valence-corrected chi connectivity index (χ2v) is 5.24. The van der Waals surface area contributed by atoms with Crippen LogP contribution in [-0.2, 0) is 4.74 Å². The molecule has 0 bridgehead atoms. The molecule has 0 saturated carbocycles. The molecule has 0 aromatic heterocycles. The fourth-order valence-electron chi connectivity index (χ4n) is 2.14. The molecule has 6 heteroatoms. The van der Waals surface area contributed by atoms with E-state index in [1.807, 2.05) is 6.92 Å². The number of benzene rings is 1. The summed E-state index contributed by atoms with van der Waals surface area (Å²) in [5.74, 6) is -1.28. The van der Waals surface area contributed by atoms with Crippen molar-refractivity contribution in [2.45, 2.75) is 19.1 Å². The number of alkyl halides is 1. The minimum atomic E-state index is -0.709. The van der Waals surface area contributed by atoms with E-state index in [9.17, 15) is 9.18 Å². The quantitative estimate of drug-likeness (QED) is 0.845. The van der Waals surface area contributed by atoms with Crippen molar-refractivity contribution in [3.63, 3.8) is 0 Å². The van der Waals surface area contributed by atoms with Gasteiger partial charge in [0.2, 0.25) is 0 Å². The van der Waals surface area contributed by atoms with Crippen LogP contribution in [0.25, 0.3) is 0 Å². The third kappa shape index (κ3) is 3.25. The Morgan fingerprint density at radius 1 is 1.58 bits per heavy atom. The number of carbonyl (C=O) groups excluding carboxylic acids is 1. The van der Waals surface area contributed by atoms with E-state index >= 15 is 0 Å². The molecule has 1 amide bonds. The van der Waals surface area contributed by atoms with Crippen molar-refractivity contribution < 1.29 is 19.0 Å². The standard InChI is InChI=1S/C13H15BrFNO3/c1-8-6-16(7-10(5-14)19-8)13(18)11-3-2-9(17)4-12(11)15/h2-4,8,10,17H,5-7H2,1H3. The average molecular weight is 332 g/mol. The van der Waals surface area contributed by atoms with Gasteiger partial charge in [0.25, 0.3) is 5.91 Å². The zero-order valence-electron chi connectivity index (χ0n) is 10.5. The monoisotopic (exact) mass is 331 g/mol. The van der Waals surface area contributed by atoms with Crippen molar-refractivity contribution in [3.05, 3.63) is 29.6 Å². The SMILES string of the molecule is CC1CN(C(=O)c2ccc(O)cc2F)CC(CBr)O1. The molecule has 104 valence electrons. The fourth-order valence-corrected chi connectivity index (χ4v) is 2.50. The first kappa shape index (κ1) is 14.3. The van der Waals surface area contributed by atoms with Crippen LogP contribution in [0.15, 0.2) is 18.2 Å². The number of aromatic hydroxyl groups is 1. The second-order valence-electron chi connectivity index (χ2n) is 4.60. The van der Waals surface area contributed by atoms with Crippen LogP contribution >= 0.6 is 15.9 Å². The number of phenols is 1. The zero-order chi connectivity index (χ0) is 14.0. The van der Waals surface area contributed by atoms with Gasteiger partial charge < -0.3 is 14.7 Å². The summed E-state index contributed by atoms with van der Waals surface area (Å²) in [7, 11) is 0. The number of phenolic OH excluding ortho intramolecular Hbond substituents is 1. The van der Waals surface area contributed by atoms with E-state index in [-0.39, 0.29) is 29.4 Å². The molecule has 0 radical (unpaired) electrons. The highest BCUT2D eigenvalue weighted by molar-refractivity contribution is 9.09. The molecule has 1 N–H and O–H groups in total. The molecule has 1 heterocycles. The Labute approximate surface area is 119 Å². The van der Waals surface area contributed by atoms with Crippen molar-refractivity contribution in [2.75, 3.05) is 18.4 Å². The van der Waals surface area contributed by atoms with E-state index < -0.39 is 5.82 Å². The van der Waals surface area contributed by atoms with E-state index in [2.05, 4.69) is 15.9 Å². The molecule has 2 atom stereocenters. The Morgan fingerprint density at radius 3 is 2.95 bits per heavy atom. The molecular formula is C13H15BrFNO3. The highest BCUT2D eigenvalue weighted by Crippen LogP contribution is 2.20. The van der Waals surface area contributed by atoms with Gasteiger partial charge in [-0.05, 0) is 19.1 Å². The number of hydrogen-bond acceptors (Lipinski definition) is 3. The van der Waals surface area contributed by atoms with E-state index in [4.69, 9.17) is 9.84 Å². The number of hydrogen-bond donors (Lipinski definition) is 1. The van der Waals surface area contributed by atoms with Crippen LogP contribution in [0.5, 0.6) is 5.75 Å². The Balaban J connectivity index is 2.18. The van der Waals surface area contributed by atoms with Crippen LogP contribution < -0.4 is 0 Å². The van der Waals surface area contributed by atoms with Gasteiger partial charge in [0.15, 0.2) is 0 Å². The molecule has 0 aliphatic carbocycles. The summed E-state index contributed by atoms with van der Waals surface area (Å²) < 4.78 is 19.3. The Hall–Kier alpha value is -1.14. The summed E-state index contributed by atoms with van der Waals surface area (Å²) in [6.07, 6.45) is -0.173. The van der Waals surface area contributed by atoms with Gasteiger partial charge in [-0.25, -0.2) is 4.39 Å². The summed E-state index contributed by atoms with van der Waals surface area (Å²) >= 11 is 3.33. The molecule has 0 spiro atoms.